The number of anilines is 1. The Bertz CT molecular complexity index is 648. The maximum atomic E-state index is 12.6. The van der Waals surface area contributed by atoms with Crippen LogP contribution in [0.2, 0.25) is 0 Å². The van der Waals surface area contributed by atoms with Gasteiger partial charge in [0.1, 0.15) is 5.82 Å². The molecule has 2 aromatic rings. The molecule has 0 bridgehead atoms. The Morgan fingerprint density at radius 1 is 1.27 bits per heavy atom. The topological polar surface area (TPSA) is 36.4 Å². The number of piperazine rings is 1. The monoisotopic (exact) mass is 379 g/mol. The van der Waals surface area contributed by atoms with Crippen molar-refractivity contribution in [2.24, 2.45) is 0 Å². The van der Waals surface area contributed by atoms with E-state index in [2.05, 4.69) is 38.8 Å². The summed E-state index contributed by atoms with van der Waals surface area (Å²) in [6, 6.07) is 6.06. The van der Waals surface area contributed by atoms with Gasteiger partial charge in [-0.3, -0.25) is 4.79 Å². The second-order valence-corrected chi connectivity index (χ2v) is 7.07. The van der Waals surface area contributed by atoms with Crippen molar-refractivity contribution in [1.29, 1.82) is 0 Å². The van der Waals surface area contributed by atoms with Crippen molar-refractivity contribution in [3.63, 3.8) is 0 Å². The summed E-state index contributed by atoms with van der Waals surface area (Å²) >= 11 is 4.95. The maximum Gasteiger partial charge on any atom is 0.264 e. The predicted molar refractivity (Wildman–Crippen MR) is 93.8 cm³/mol. The highest BCUT2D eigenvalue weighted by Crippen LogP contribution is 2.22. The van der Waals surface area contributed by atoms with E-state index < -0.39 is 0 Å². The molecule has 0 N–H and O–H groups in total. The highest BCUT2D eigenvalue weighted by atomic mass is 79.9. The van der Waals surface area contributed by atoms with Gasteiger partial charge in [-0.15, -0.1) is 11.3 Å². The van der Waals surface area contributed by atoms with E-state index in [1.54, 1.807) is 11.3 Å². The predicted octanol–water partition coefficient (Wildman–Crippen LogP) is 3.43. The third-order valence-corrected chi connectivity index (χ3v) is 5.34. The van der Waals surface area contributed by atoms with Gasteiger partial charge in [0, 0.05) is 36.8 Å². The smallest absolute Gasteiger partial charge is 0.264 e. The summed E-state index contributed by atoms with van der Waals surface area (Å²) in [5.74, 6) is 1.15. The van der Waals surface area contributed by atoms with Gasteiger partial charge in [0.05, 0.1) is 4.88 Å². The zero-order valence-electron chi connectivity index (χ0n) is 12.5. The standard InChI is InChI=1S/C16H18BrN3OS/c1-2-12-5-10-22-15(12)16(21)20-8-6-19(7-9-20)14-4-3-13(17)11-18-14/h3-5,10-11H,2,6-9H2,1H3. The molecule has 0 aromatic carbocycles. The molecule has 1 amide bonds. The first-order chi connectivity index (χ1) is 10.7. The van der Waals surface area contributed by atoms with Crippen molar-refractivity contribution in [2.45, 2.75) is 13.3 Å². The van der Waals surface area contributed by atoms with E-state index in [4.69, 9.17) is 0 Å². The average molecular weight is 380 g/mol. The Balaban J connectivity index is 1.64. The number of hydrogen-bond acceptors (Lipinski definition) is 4. The lowest BCUT2D eigenvalue weighted by molar-refractivity contribution is 0.0750. The van der Waals surface area contributed by atoms with E-state index in [9.17, 15) is 4.79 Å². The summed E-state index contributed by atoms with van der Waals surface area (Å²) in [5, 5.41) is 2.01. The molecule has 3 heterocycles. The summed E-state index contributed by atoms with van der Waals surface area (Å²) in [4.78, 5) is 22.1. The van der Waals surface area contributed by atoms with E-state index >= 15 is 0 Å². The largest absolute Gasteiger partial charge is 0.353 e. The summed E-state index contributed by atoms with van der Waals surface area (Å²) in [5.41, 5.74) is 1.16. The average Bonchev–Trinajstić information content (AvgIpc) is 3.04. The quantitative estimate of drug-likeness (QED) is 0.819. The minimum absolute atomic E-state index is 0.176. The minimum Gasteiger partial charge on any atom is -0.353 e. The number of carbonyl (C=O) groups excluding carboxylic acids is 1. The van der Waals surface area contributed by atoms with Crippen LogP contribution in [0.15, 0.2) is 34.2 Å². The Labute approximate surface area is 142 Å². The lowest BCUT2D eigenvalue weighted by atomic mass is 10.2. The molecule has 1 aliphatic heterocycles. The SMILES string of the molecule is CCc1ccsc1C(=O)N1CCN(c2ccc(Br)cn2)CC1. The van der Waals surface area contributed by atoms with Crippen molar-refractivity contribution in [3.8, 4) is 0 Å². The van der Waals surface area contributed by atoms with Crippen LogP contribution in [0, 0.1) is 0 Å². The van der Waals surface area contributed by atoms with Crippen molar-refractivity contribution < 1.29 is 4.79 Å². The fourth-order valence-corrected chi connectivity index (χ4v) is 3.84. The second kappa shape index (κ2) is 6.79. The van der Waals surface area contributed by atoms with Gasteiger partial charge in [0.15, 0.2) is 0 Å². The number of rotatable bonds is 3. The maximum absolute atomic E-state index is 12.6. The molecule has 2 aromatic heterocycles. The summed E-state index contributed by atoms with van der Waals surface area (Å²) in [6.07, 6.45) is 2.72. The first kappa shape index (κ1) is 15.5. The zero-order valence-corrected chi connectivity index (χ0v) is 14.9. The molecule has 22 heavy (non-hydrogen) atoms. The second-order valence-electron chi connectivity index (χ2n) is 5.24. The van der Waals surface area contributed by atoms with Gasteiger partial charge in [-0.05, 0) is 51.5 Å². The van der Waals surface area contributed by atoms with Gasteiger partial charge in [-0.25, -0.2) is 4.98 Å². The molecule has 3 rings (SSSR count). The summed E-state index contributed by atoms with van der Waals surface area (Å²) in [6.45, 7) is 5.24. The number of carbonyl (C=O) groups is 1. The lowest BCUT2D eigenvalue weighted by Crippen LogP contribution is -2.49. The van der Waals surface area contributed by atoms with Crippen LogP contribution in [0.5, 0.6) is 0 Å². The molecule has 0 saturated carbocycles. The number of thiophene rings is 1. The van der Waals surface area contributed by atoms with Gasteiger partial charge >= 0.3 is 0 Å². The highest BCUT2D eigenvalue weighted by molar-refractivity contribution is 9.10. The van der Waals surface area contributed by atoms with E-state index in [1.165, 1.54) is 0 Å². The number of nitrogens with zero attached hydrogens (tertiary/aromatic N) is 3. The number of aryl methyl sites for hydroxylation is 1. The molecule has 1 aliphatic rings. The van der Waals surface area contributed by atoms with Gasteiger partial charge in [-0.1, -0.05) is 6.92 Å². The molecule has 1 saturated heterocycles. The number of aromatic nitrogens is 1. The van der Waals surface area contributed by atoms with Crippen molar-refractivity contribution in [2.75, 3.05) is 31.1 Å². The normalized spacial score (nSPS) is 15.2. The molecule has 0 atom stereocenters. The van der Waals surface area contributed by atoms with E-state index in [1.807, 2.05) is 28.6 Å². The molecule has 6 heteroatoms. The molecule has 0 aliphatic carbocycles. The number of halogens is 1. The fraction of sp³-hybridized carbons (Fsp3) is 0.375. The molecule has 1 fully saturated rings. The molecule has 116 valence electrons. The molecular weight excluding hydrogens is 362 g/mol. The van der Waals surface area contributed by atoms with E-state index in [0.29, 0.717) is 0 Å². The third-order valence-electron chi connectivity index (χ3n) is 3.92. The van der Waals surface area contributed by atoms with Crippen molar-refractivity contribution in [3.05, 3.63) is 44.7 Å². The highest BCUT2D eigenvalue weighted by Gasteiger charge is 2.24. The van der Waals surface area contributed by atoms with Crippen LogP contribution < -0.4 is 4.90 Å². The minimum atomic E-state index is 0.176. The van der Waals surface area contributed by atoms with Crippen LogP contribution in [0.4, 0.5) is 5.82 Å². The Kier molecular flexibility index (Phi) is 4.78. The molecule has 0 spiro atoms. The number of amides is 1. The van der Waals surface area contributed by atoms with E-state index in [-0.39, 0.29) is 5.91 Å². The van der Waals surface area contributed by atoms with Gasteiger partial charge in [-0.2, -0.15) is 0 Å². The van der Waals surface area contributed by atoms with Gasteiger partial charge in [0.2, 0.25) is 0 Å². The van der Waals surface area contributed by atoms with Crippen molar-refractivity contribution in [1.82, 2.24) is 9.88 Å². The van der Waals surface area contributed by atoms with Crippen LogP contribution in [0.1, 0.15) is 22.2 Å². The first-order valence-corrected chi connectivity index (χ1v) is 9.08. The fourth-order valence-electron chi connectivity index (χ4n) is 2.64. The van der Waals surface area contributed by atoms with Crippen LogP contribution in [0.3, 0.4) is 0 Å². The number of pyridine rings is 1. The van der Waals surface area contributed by atoms with Crippen LogP contribution >= 0.6 is 27.3 Å². The Hall–Kier alpha value is -1.40. The van der Waals surface area contributed by atoms with Crippen molar-refractivity contribution >= 4 is 39.0 Å². The third kappa shape index (κ3) is 3.17. The molecule has 4 nitrogen and oxygen atoms in total. The number of hydrogen-bond donors (Lipinski definition) is 0. The van der Waals surface area contributed by atoms with Gasteiger partial charge in [0.25, 0.3) is 5.91 Å². The summed E-state index contributed by atoms with van der Waals surface area (Å²) < 4.78 is 0.981. The lowest BCUT2D eigenvalue weighted by Gasteiger charge is -2.35. The molecule has 0 radical (unpaired) electrons. The first-order valence-electron chi connectivity index (χ1n) is 7.41. The zero-order chi connectivity index (χ0) is 15.5. The Morgan fingerprint density at radius 3 is 2.68 bits per heavy atom. The van der Waals surface area contributed by atoms with Crippen LogP contribution in [0.25, 0.3) is 0 Å². The summed E-state index contributed by atoms with van der Waals surface area (Å²) in [7, 11) is 0. The van der Waals surface area contributed by atoms with Gasteiger partial charge < -0.3 is 9.80 Å². The molecular formula is C16H18BrN3OS. The van der Waals surface area contributed by atoms with Crippen LogP contribution in [-0.2, 0) is 6.42 Å². The van der Waals surface area contributed by atoms with E-state index in [0.717, 1.165) is 53.3 Å². The molecule has 0 unspecified atom stereocenters. The Morgan fingerprint density at radius 2 is 2.05 bits per heavy atom. The van der Waals surface area contributed by atoms with Crippen LogP contribution in [-0.4, -0.2) is 42.0 Å².